The number of hydrogen-bond acceptors (Lipinski definition) is 3. The van der Waals surface area contributed by atoms with Crippen molar-refractivity contribution in [3.05, 3.63) is 28.2 Å². The summed E-state index contributed by atoms with van der Waals surface area (Å²) in [6.45, 7) is 2.80. The molecule has 106 valence electrons. The molecule has 1 unspecified atom stereocenters. The van der Waals surface area contributed by atoms with Gasteiger partial charge in [-0.3, -0.25) is 4.72 Å². The lowest BCUT2D eigenvalue weighted by Gasteiger charge is -2.23. The van der Waals surface area contributed by atoms with E-state index < -0.39 is 10.0 Å². The second-order valence-corrected chi connectivity index (χ2v) is 7.56. The Morgan fingerprint density at radius 3 is 2.89 bits per heavy atom. The fourth-order valence-electron chi connectivity index (χ4n) is 2.26. The van der Waals surface area contributed by atoms with E-state index in [9.17, 15) is 8.42 Å². The number of piperidine rings is 1. The lowest BCUT2D eigenvalue weighted by molar-refractivity contribution is 0.424. The van der Waals surface area contributed by atoms with E-state index in [2.05, 4.69) is 26.0 Å². The highest BCUT2D eigenvalue weighted by atomic mass is 79.9. The van der Waals surface area contributed by atoms with Gasteiger partial charge in [0.25, 0.3) is 0 Å². The van der Waals surface area contributed by atoms with Gasteiger partial charge in [-0.05, 0) is 44.0 Å². The van der Waals surface area contributed by atoms with E-state index in [0.29, 0.717) is 5.69 Å². The predicted octanol–water partition coefficient (Wildman–Crippen LogP) is 2.64. The van der Waals surface area contributed by atoms with E-state index in [1.165, 1.54) is 0 Å². The minimum absolute atomic E-state index is 0.0682. The van der Waals surface area contributed by atoms with Gasteiger partial charge in [0.1, 0.15) is 0 Å². The minimum atomic E-state index is -3.31. The van der Waals surface area contributed by atoms with Crippen molar-refractivity contribution in [2.24, 2.45) is 0 Å². The van der Waals surface area contributed by atoms with E-state index in [0.717, 1.165) is 35.8 Å². The highest BCUT2D eigenvalue weighted by Crippen LogP contribution is 2.24. The lowest BCUT2D eigenvalue weighted by atomic mass is 10.1. The van der Waals surface area contributed by atoms with Crippen LogP contribution < -0.4 is 10.0 Å². The molecule has 1 aromatic rings. The van der Waals surface area contributed by atoms with E-state index >= 15 is 0 Å². The van der Waals surface area contributed by atoms with Crippen LogP contribution in [-0.2, 0) is 10.0 Å². The average molecular weight is 347 g/mol. The molecule has 1 fully saturated rings. The Balaban J connectivity index is 2.06. The van der Waals surface area contributed by atoms with Gasteiger partial charge in [-0.1, -0.05) is 28.4 Å². The molecular formula is C13H19BrN2O2S. The molecule has 1 aliphatic rings. The topological polar surface area (TPSA) is 58.2 Å². The summed E-state index contributed by atoms with van der Waals surface area (Å²) in [6.07, 6.45) is 3.16. The van der Waals surface area contributed by atoms with E-state index in [1.807, 2.05) is 19.1 Å². The second kappa shape index (κ2) is 6.24. The summed E-state index contributed by atoms with van der Waals surface area (Å²) in [4.78, 5) is 0. The van der Waals surface area contributed by atoms with Crippen LogP contribution in [0.1, 0.15) is 24.8 Å². The van der Waals surface area contributed by atoms with Crippen molar-refractivity contribution in [1.82, 2.24) is 5.32 Å². The fourth-order valence-corrected chi connectivity index (χ4v) is 4.08. The molecule has 0 amide bonds. The Morgan fingerprint density at radius 2 is 2.21 bits per heavy atom. The molecule has 0 radical (unpaired) electrons. The van der Waals surface area contributed by atoms with Gasteiger partial charge in [0.05, 0.1) is 11.4 Å². The SMILES string of the molecule is Cc1c(Br)cccc1NS(=O)(=O)CC1CCCCN1. The molecule has 1 saturated heterocycles. The van der Waals surface area contributed by atoms with Crippen LogP contribution in [0.4, 0.5) is 5.69 Å². The van der Waals surface area contributed by atoms with E-state index in [-0.39, 0.29) is 11.8 Å². The summed E-state index contributed by atoms with van der Waals surface area (Å²) >= 11 is 3.40. The summed E-state index contributed by atoms with van der Waals surface area (Å²) in [6, 6.07) is 5.58. The van der Waals surface area contributed by atoms with Crippen LogP contribution in [0.3, 0.4) is 0 Å². The fraction of sp³-hybridized carbons (Fsp3) is 0.538. The summed E-state index contributed by atoms with van der Waals surface area (Å²) in [5.74, 6) is 0.138. The predicted molar refractivity (Wildman–Crippen MR) is 81.9 cm³/mol. The van der Waals surface area contributed by atoms with Gasteiger partial charge in [0.15, 0.2) is 0 Å². The van der Waals surface area contributed by atoms with Crippen molar-refractivity contribution in [3.8, 4) is 0 Å². The first-order valence-corrected chi connectivity index (χ1v) is 8.91. The third kappa shape index (κ3) is 4.19. The number of rotatable bonds is 4. The van der Waals surface area contributed by atoms with Crippen molar-refractivity contribution < 1.29 is 8.42 Å². The second-order valence-electron chi connectivity index (χ2n) is 4.94. The Morgan fingerprint density at radius 1 is 1.42 bits per heavy atom. The highest BCUT2D eigenvalue weighted by Gasteiger charge is 2.21. The van der Waals surface area contributed by atoms with Gasteiger partial charge in [-0.25, -0.2) is 8.42 Å². The van der Waals surface area contributed by atoms with Gasteiger partial charge in [0.2, 0.25) is 10.0 Å². The monoisotopic (exact) mass is 346 g/mol. The summed E-state index contributed by atoms with van der Waals surface area (Å²) in [5.41, 5.74) is 1.55. The van der Waals surface area contributed by atoms with Gasteiger partial charge in [-0.15, -0.1) is 0 Å². The van der Waals surface area contributed by atoms with Gasteiger partial charge < -0.3 is 5.32 Å². The molecule has 0 aromatic heterocycles. The van der Waals surface area contributed by atoms with Crippen molar-refractivity contribution in [1.29, 1.82) is 0 Å². The smallest absolute Gasteiger partial charge is 0.234 e. The number of hydrogen-bond donors (Lipinski definition) is 2. The van der Waals surface area contributed by atoms with Crippen molar-refractivity contribution in [3.63, 3.8) is 0 Å². The zero-order chi connectivity index (χ0) is 13.9. The van der Waals surface area contributed by atoms with Crippen molar-refractivity contribution in [2.45, 2.75) is 32.2 Å². The van der Waals surface area contributed by atoms with Crippen LogP contribution in [0.25, 0.3) is 0 Å². The van der Waals surface area contributed by atoms with Crippen LogP contribution in [-0.4, -0.2) is 26.8 Å². The van der Waals surface area contributed by atoms with Gasteiger partial charge in [0, 0.05) is 10.5 Å². The molecule has 0 aliphatic carbocycles. The number of nitrogens with one attached hydrogen (secondary N) is 2. The first kappa shape index (κ1) is 14.8. The van der Waals surface area contributed by atoms with Crippen LogP contribution in [0.2, 0.25) is 0 Å². The molecule has 2 N–H and O–H groups in total. The Bertz CT molecular complexity index is 540. The molecular weight excluding hydrogens is 328 g/mol. The van der Waals surface area contributed by atoms with Crippen molar-refractivity contribution in [2.75, 3.05) is 17.0 Å². The van der Waals surface area contributed by atoms with Gasteiger partial charge in [-0.2, -0.15) is 0 Å². The summed E-state index contributed by atoms with van der Waals surface area (Å²) < 4.78 is 27.9. The molecule has 19 heavy (non-hydrogen) atoms. The van der Waals surface area contributed by atoms with Crippen LogP contribution in [0, 0.1) is 6.92 Å². The molecule has 0 spiro atoms. The van der Waals surface area contributed by atoms with Crippen LogP contribution in [0.15, 0.2) is 22.7 Å². The van der Waals surface area contributed by atoms with Crippen LogP contribution >= 0.6 is 15.9 Å². The van der Waals surface area contributed by atoms with Gasteiger partial charge >= 0.3 is 0 Å². The first-order chi connectivity index (χ1) is 8.98. The normalized spacial score (nSPS) is 20.2. The molecule has 6 heteroatoms. The average Bonchev–Trinajstić information content (AvgIpc) is 2.35. The number of sulfonamides is 1. The molecule has 1 heterocycles. The lowest BCUT2D eigenvalue weighted by Crippen LogP contribution is -2.40. The largest absolute Gasteiger partial charge is 0.313 e. The summed E-state index contributed by atoms with van der Waals surface area (Å²) in [5, 5.41) is 3.26. The van der Waals surface area contributed by atoms with Crippen LogP contribution in [0.5, 0.6) is 0 Å². The summed E-state index contributed by atoms with van der Waals surface area (Å²) in [7, 11) is -3.31. The molecule has 1 atom stereocenters. The minimum Gasteiger partial charge on any atom is -0.313 e. The standard InChI is InChI=1S/C13H19BrN2O2S/c1-10-12(14)6-4-7-13(10)16-19(17,18)9-11-5-2-3-8-15-11/h4,6-7,11,15-16H,2-3,5,8-9H2,1H3. The molecule has 4 nitrogen and oxygen atoms in total. The maximum Gasteiger partial charge on any atom is 0.234 e. The quantitative estimate of drug-likeness (QED) is 0.880. The van der Waals surface area contributed by atoms with Crippen molar-refractivity contribution >= 4 is 31.6 Å². The zero-order valence-electron chi connectivity index (χ0n) is 10.9. The van der Waals surface area contributed by atoms with E-state index in [4.69, 9.17) is 0 Å². The number of anilines is 1. The maximum atomic E-state index is 12.2. The Hall–Kier alpha value is -0.590. The molecule has 0 saturated carbocycles. The third-order valence-corrected chi connectivity index (χ3v) is 5.60. The number of halogens is 1. The molecule has 1 aromatic carbocycles. The maximum absolute atomic E-state index is 12.2. The Kier molecular flexibility index (Phi) is 4.86. The third-order valence-electron chi connectivity index (χ3n) is 3.37. The molecule has 1 aliphatic heterocycles. The highest BCUT2D eigenvalue weighted by molar-refractivity contribution is 9.10. The van der Waals surface area contributed by atoms with E-state index in [1.54, 1.807) is 6.07 Å². The Labute approximate surface area is 123 Å². The molecule has 2 rings (SSSR count). The molecule has 0 bridgehead atoms. The zero-order valence-corrected chi connectivity index (χ0v) is 13.4. The first-order valence-electron chi connectivity index (χ1n) is 6.47. The number of benzene rings is 1.